The highest BCUT2D eigenvalue weighted by Gasteiger charge is 2.25. The fraction of sp³-hybridized carbons (Fsp3) is 0.294. The van der Waals surface area contributed by atoms with E-state index in [-0.39, 0.29) is 68.6 Å². The van der Waals surface area contributed by atoms with Gasteiger partial charge in [0.2, 0.25) is 11.8 Å². The molecule has 0 aliphatic rings. The van der Waals surface area contributed by atoms with Gasteiger partial charge in [-0.15, -0.1) is 14.6 Å². The lowest BCUT2D eigenvalue weighted by molar-refractivity contribution is -0.432. The summed E-state index contributed by atoms with van der Waals surface area (Å²) >= 11 is 0.408. The topological polar surface area (TPSA) is 313 Å². The maximum Gasteiger partial charge on any atom is 0.295 e. The number of hydrogen-bond donors (Lipinski definition) is 6. The maximum atomic E-state index is 12.9. The van der Waals surface area contributed by atoms with Crippen molar-refractivity contribution < 1.29 is 47.4 Å². The minimum absolute atomic E-state index is 0.0217. The summed E-state index contributed by atoms with van der Waals surface area (Å²) in [6, 6.07) is 7.57. The molecule has 0 saturated carbocycles. The van der Waals surface area contributed by atoms with E-state index in [1.165, 1.54) is 44.2 Å². The van der Waals surface area contributed by atoms with Crippen LogP contribution in [0.4, 0.5) is 22.7 Å². The van der Waals surface area contributed by atoms with Gasteiger partial charge in [0.05, 0.1) is 23.4 Å². The summed E-state index contributed by atoms with van der Waals surface area (Å²) in [4.78, 5) is 49.5. The number of aromatic hydroxyl groups is 2. The van der Waals surface area contributed by atoms with Crippen LogP contribution in [0.5, 0.6) is 11.8 Å². The minimum atomic E-state index is -5.00. The van der Waals surface area contributed by atoms with Crippen molar-refractivity contribution in [3.63, 3.8) is 0 Å². The number of amides is 2. The van der Waals surface area contributed by atoms with E-state index >= 15 is 0 Å². The number of aromatic nitrogens is 2. The molecule has 0 bridgehead atoms. The Balaban J connectivity index is 1.83. The number of pyridine rings is 2. The van der Waals surface area contributed by atoms with Crippen LogP contribution in [0.3, 0.4) is 0 Å². The summed E-state index contributed by atoms with van der Waals surface area (Å²) in [5.41, 5.74) is 7.84. The molecule has 4 rings (SSSR count). The van der Waals surface area contributed by atoms with Gasteiger partial charge in [-0.05, 0) is 56.5 Å². The van der Waals surface area contributed by atoms with Crippen LogP contribution in [0.1, 0.15) is 71.4 Å². The standard InChI is InChI=1S/C34H38N8O12S2/c1-5-7-13-41-31(45)25(29(35)43)17(3)27(33(41)47)39-37-19-9-11-21(23(15-19)55-54-53-49)22-12-10-20(16-24(22)56(50,51)52)38-40-28-18(4)26(30(36)44)32(46)42(34(28)48)14-8-6-2/h9-12,15-16,47-49H,5-8,13-14H2,1-4H3,(H2,35,43)(H2,36,44)(H,50,51,52). The van der Waals surface area contributed by atoms with Gasteiger partial charge in [-0.1, -0.05) is 43.9 Å². The second kappa shape index (κ2) is 18.2. The molecule has 0 unspecified atom stereocenters. The zero-order chi connectivity index (χ0) is 41.5. The maximum absolute atomic E-state index is 12.9. The number of nitrogens with zero attached hydrogens (tertiary/aromatic N) is 6. The number of hydrogen-bond acceptors (Lipinski definition) is 16. The first kappa shape index (κ1) is 43.0. The zero-order valence-corrected chi connectivity index (χ0v) is 32.0. The average Bonchev–Trinajstić information content (AvgIpc) is 3.13. The van der Waals surface area contributed by atoms with Gasteiger partial charge < -0.3 is 21.7 Å². The predicted molar refractivity (Wildman–Crippen MR) is 202 cm³/mol. The van der Waals surface area contributed by atoms with Gasteiger partial charge in [0.1, 0.15) is 27.4 Å². The Hall–Kier alpha value is -5.78. The highest BCUT2D eigenvalue weighted by atomic mass is 32.2. The second-order valence-electron chi connectivity index (χ2n) is 12.2. The first-order valence-corrected chi connectivity index (χ1v) is 18.9. The van der Waals surface area contributed by atoms with Gasteiger partial charge in [-0.25, -0.2) is 5.26 Å². The van der Waals surface area contributed by atoms with E-state index in [1.807, 2.05) is 13.8 Å². The zero-order valence-electron chi connectivity index (χ0n) is 30.4. The van der Waals surface area contributed by atoms with Gasteiger partial charge in [0.25, 0.3) is 33.1 Å². The minimum Gasteiger partial charge on any atom is -0.493 e. The van der Waals surface area contributed by atoms with E-state index in [2.05, 4.69) is 29.8 Å². The molecule has 0 spiro atoms. The van der Waals surface area contributed by atoms with Crippen molar-refractivity contribution in [2.24, 2.45) is 31.9 Å². The highest BCUT2D eigenvalue weighted by Crippen LogP contribution is 2.41. The van der Waals surface area contributed by atoms with Crippen LogP contribution in [0.15, 0.2) is 76.2 Å². The predicted octanol–water partition coefficient (Wildman–Crippen LogP) is 6.01. The van der Waals surface area contributed by atoms with Crippen molar-refractivity contribution in [1.82, 2.24) is 9.13 Å². The molecule has 0 aliphatic heterocycles. The average molecular weight is 815 g/mol. The van der Waals surface area contributed by atoms with E-state index in [0.29, 0.717) is 37.7 Å². The first-order valence-electron chi connectivity index (χ1n) is 16.7. The molecule has 2 amide bonds. The largest absolute Gasteiger partial charge is 0.493 e. The number of carbonyl (C=O) groups excluding carboxylic acids is 2. The Morgan fingerprint density at radius 2 is 1.21 bits per heavy atom. The molecule has 56 heavy (non-hydrogen) atoms. The second-order valence-corrected chi connectivity index (χ2v) is 14.3. The molecule has 0 saturated heterocycles. The van der Waals surface area contributed by atoms with Crippen molar-refractivity contribution >= 4 is 56.7 Å². The van der Waals surface area contributed by atoms with Crippen LogP contribution in [0.2, 0.25) is 0 Å². The van der Waals surface area contributed by atoms with E-state index in [1.54, 1.807) is 0 Å². The Labute approximate surface area is 322 Å². The van der Waals surface area contributed by atoms with Crippen molar-refractivity contribution in [3.8, 4) is 22.9 Å². The molecule has 2 aromatic heterocycles. The van der Waals surface area contributed by atoms with Crippen LogP contribution in [0.25, 0.3) is 11.1 Å². The number of unbranched alkanes of at least 4 members (excludes halogenated alkanes) is 2. The SMILES string of the molecule is CCCCn1c(O)c(N=Nc2ccc(-c3ccc(N=Nc4c(C)c(C(N)=O)c(=O)n(CCCC)c4O)cc3S(=O)(=O)O)c(SOOO)c2)c(C)c(C(N)=O)c1=O. The summed E-state index contributed by atoms with van der Waals surface area (Å²) in [5.74, 6) is -3.23. The third kappa shape index (κ3) is 9.18. The third-order valence-electron chi connectivity index (χ3n) is 8.46. The summed E-state index contributed by atoms with van der Waals surface area (Å²) in [6.07, 6.45) is 2.29. The summed E-state index contributed by atoms with van der Waals surface area (Å²) < 4.78 is 42.2. The Morgan fingerprint density at radius 1 is 0.768 bits per heavy atom. The Kier molecular flexibility index (Phi) is 14.0. The molecule has 0 radical (unpaired) electrons. The van der Waals surface area contributed by atoms with E-state index in [0.717, 1.165) is 15.2 Å². The van der Waals surface area contributed by atoms with E-state index < -0.39 is 55.3 Å². The number of azo groups is 2. The quantitative estimate of drug-likeness (QED) is 0.0234. The van der Waals surface area contributed by atoms with Crippen molar-refractivity contribution in [2.75, 3.05) is 0 Å². The van der Waals surface area contributed by atoms with Gasteiger partial charge in [-0.2, -0.15) is 18.6 Å². The summed E-state index contributed by atoms with van der Waals surface area (Å²) in [7, 11) is -5.00. The molecule has 0 fully saturated rings. The van der Waals surface area contributed by atoms with Crippen LogP contribution in [-0.2, 0) is 32.6 Å². The van der Waals surface area contributed by atoms with Gasteiger partial charge in [0.15, 0.2) is 0 Å². The molecule has 20 nitrogen and oxygen atoms in total. The molecule has 0 atom stereocenters. The molecule has 2 heterocycles. The molecule has 2 aromatic carbocycles. The van der Waals surface area contributed by atoms with Crippen molar-refractivity contribution in [3.05, 3.63) is 79.4 Å². The van der Waals surface area contributed by atoms with Crippen molar-refractivity contribution in [1.29, 1.82) is 0 Å². The van der Waals surface area contributed by atoms with Crippen LogP contribution < -0.4 is 22.6 Å². The fourth-order valence-electron chi connectivity index (χ4n) is 5.62. The normalized spacial score (nSPS) is 11.9. The summed E-state index contributed by atoms with van der Waals surface area (Å²) in [6.45, 7) is 6.54. The number of nitrogens with two attached hydrogens (primary N) is 2. The number of primary amides is 2. The lowest BCUT2D eigenvalue weighted by Gasteiger charge is -2.14. The lowest BCUT2D eigenvalue weighted by Crippen LogP contribution is -2.31. The van der Waals surface area contributed by atoms with Crippen LogP contribution in [0, 0.1) is 13.8 Å². The molecule has 8 N–H and O–H groups in total. The monoisotopic (exact) mass is 814 g/mol. The lowest BCUT2D eigenvalue weighted by atomic mass is 10.0. The highest BCUT2D eigenvalue weighted by molar-refractivity contribution is 7.94. The van der Waals surface area contributed by atoms with Gasteiger partial charge >= 0.3 is 0 Å². The Bertz CT molecular complexity index is 2480. The summed E-state index contributed by atoms with van der Waals surface area (Å²) in [5, 5.41) is 50.6. The number of benzene rings is 2. The molecule has 0 aliphatic carbocycles. The molecule has 22 heteroatoms. The van der Waals surface area contributed by atoms with Gasteiger partial charge in [0, 0.05) is 34.7 Å². The Morgan fingerprint density at radius 3 is 1.62 bits per heavy atom. The third-order valence-corrected chi connectivity index (χ3v) is 10.0. The number of rotatable bonds is 17. The van der Waals surface area contributed by atoms with Crippen LogP contribution in [-0.4, -0.2) is 49.4 Å². The molecular formula is C34H38N8O12S2. The first-order chi connectivity index (χ1) is 26.5. The molecule has 4 aromatic rings. The van der Waals surface area contributed by atoms with E-state index in [9.17, 15) is 42.4 Å². The molecular weight excluding hydrogens is 777 g/mol. The molecule has 298 valence electrons. The fourth-order valence-corrected chi connectivity index (χ4v) is 6.89. The smallest absolute Gasteiger partial charge is 0.295 e. The van der Waals surface area contributed by atoms with Crippen LogP contribution >= 0.6 is 12.0 Å². The van der Waals surface area contributed by atoms with Crippen molar-refractivity contribution in [2.45, 2.75) is 76.3 Å². The van der Waals surface area contributed by atoms with E-state index in [4.69, 9.17) is 16.7 Å². The number of carbonyl (C=O) groups is 2. The van der Waals surface area contributed by atoms with Gasteiger partial charge in [-0.3, -0.25) is 32.9 Å².